The monoisotopic (exact) mass is 358 g/mol. The van der Waals surface area contributed by atoms with Crippen LogP contribution in [0.15, 0.2) is 21.7 Å². The number of ether oxygens (including phenoxy) is 1. The molecule has 2 aliphatic rings. The second-order valence-corrected chi connectivity index (χ2v) is 9.11. The van der Waals surface area contributed by atoms with Crippen molar-refractivity contribution < 1.29 is 17.9 Å². The number of carbonyl (C=O) groups excluding carboxylic acids is 1. The highest BCUT2D eigenvalue weighted by Gasteiger charge is 2.46. The number of amides is 1. The minimum Gasteiger partial charge on any atom is -0.381 e. The molecule has 8 heteroatoms. The summed E-state index contributed by atoms with van der Waals surface area (Å²) < 4.78 is 33.1. The summed E-state index contributed by atoms with van der Waals surface area (Å²) >= 11 is 1.22. The Labute approximate surface area is 141 Å². The zero-order chi connectivity index (χ0) is 16.5. The van der Waals surface area contributed by atoms with Crippen LogP contribution < -0.4 is 0 Å². The van der Waals surface area contributed by atoms with Gasteiger partial charge in [0.25, 0.3) is 10.0 Å². The Morgan fingerprint density at radius 1 is 1.35 bits per heavy atom. The predicted octanol–water partition coefficient (Wildman–Crippen LogP) is 1.54. The molecule has 0 saturated carbocycles. The first kappa shape index (κ1) is 16.9. The molecule has 0 unspecified atom stereocenters. The van der Waals surface area contributed by atoms with E-state index >= 15 is 0 Å². The van der Waals surface area contributed by atoms with Crippen LogP contribution in [-0.2, 0) is 19.6 Å². The normalized spacial score (nSPS) is 23.2. The van der Waals surface area contributed by atoms with Crippen LogP contribution in [0.5, 0.6) is 0 Å². The number of likely N-dealkylation sites (N-methyl/N-ethyl adjacent to an activating group) is 1. The molecule has 0 aliphatic carbocycles. The van der Waals surface area contributed by atoms with Crippen LogP contribution in [0, 0.1) is 0 Å². The lowest BCUT2D eigenvalue weighted by molar-refractivity contribution is -0.139. The van der Waals surface area contributed by atoms with Crippen LogP contribution in [0.25, 0.3) is 0 Å². The van der Waals surface area contributed by atoms with Crippen molar-refractivity contribution in [3.63, 3.8) is 0 Å². The first-order chi connectivity index (χ1) is 11.0. The Kier molecular flexibility index (Phi) is 4.78. The topological polar surface area (TPSA) is 66.9 Å². The molecule has 0 atom stereocenters. The molecule has 0 radical (unpaired) electrons. The number of nitrogens with zero attached hydrogens (tertiary/aromatic N) is 2. The maximum Gasteiger partial charge on any atom is 0.252 e. The summed E-state index contributed by atoms with van der Waals surface area (Å²) in [6, 6.07) is 3.37. The van der Waals surface area contributed by atoms with Gasteiger partial charge in [-0.3, -0.25) is 4.79 Å². The van der Waals surface area contributed by atoms with Gasteiger partial charge in [-0.25, -0.2) is 8.42 Å². The van der Waals surface area contributed by atoms with Crippen LogP contribution >= 0.6 is 11.3 Å². The Balaban J connectivity index is 1.96. The quantitative estimate of drug-likeness (QED) is 0.822. The first-order valence-corrected chi connectivity index (χ1v) is 10.2. The van der Waals surface area contributed by atoms with Crippen molar-refractivity contribution in [3.05, 3.63) is 17.5 Å². The molecule has 3 heterocycles. The van der Waals surface area contributed by atoms with E-state index in [0.717, 1.165) is 0 Å². The third kappa shape index (κ3) is 3.05. The second kappa shape index (κ2) is 6.51. The predicted molar refractivity (Wildman–Crippen MR) is 87.9 cm³/mol. The molecule has 1 amide bonds. The Morgan fingerprint density at radius 2 is 2.09 bits per heavy atom. The van der Waals surface area contributed by atoms with Crippen molar-refractivity contribution in [2.24, 2.45) is 0 Å². The van der Waals surface area contributed by atoms with Gasteiger partial charge in [0.1, 0.15) is 4.21 Å². The maximum atomic E-state index is 12.9. The first-order valence-electron chi connectivity index (χ1n) is 7.91. The molecule has 1 aromatic rings. The molecule has 2 fully saturated rings. The molecule has 1 aromatic heterocycles. The molecule has 3 rings (SSSR count). The summed E-state index contributed by atoms with van der Waals surface area (Å²) in [7, 11) is -3.54. The zero-order valence-corrected chi connectivity index (χ0v) is 14.9. The van der Waals surface area contributed by atoms with Crippen LogP contribution in [-0.4, -0.2) is 61.9 Å². The Bertz CT molecular complexity index is 651. The lowest BCUT2D eigenvalue weighted by Crippen LogP contribution is -2.58. The van der Waals surface area contributed by atoms with E-state index in [0.29, 0.717) is 43.4 Å². The van der Waals surface area contributed by atoms with Crippen LogP contribution in [0.4, 0.5) is 0 Å². The zero-order valence-electron chi connectivity index (χ0n) is 13.2. The van der Waals surface area contributed by atoms with E-state index in [9.17, 15) is 13.2 Å². The van der Waals surface area contributed by atoms with Gasteiger partial charge in [0.15, 0.2) is 0 Å². The van der Waals surface area contributed by atoms with Crippen molar-refractivity contribution in [2.75, 3.05) is 32.8 Å². The molecule has 0 bridgehead atoms. The number of carbonyl (C=O) groups is 1. The molecule has 1 spiro atoms. The number of hydrogen-bond donors (Lipinski definition) is 0. The lowest BCUT2D eigenvalue weighted by Gasteiger charge is -2.46. The fourth-order valence-electron chi connectivity index (χ4n) is 3.55. The molecular weight excluding hydrogens is 336 g/mol. The van der Waals surface area contributed by atoms with E-state index in [2.05, 4.69) is 0 Å². The molecule has 23 heavy (non-hydrogen) atoms. The summed E-state index contributed by atoms with van der Waals surface area (Å²) in [6.45, 7) is 4.30. The van der Waals surface area contributed by atoms with E-state index in [1.54, 1.807) is 17.5 Å². The van der Waals surface area contributed by atoms with Gasteiger partial charge < -0.3 is 9.64 Å². The van der Waals surface area contributed by atoms with Crippen molar-refractivity contribution in [3.8, 4) is 0 Å². The van der Waals surface area contributed by atoms with E-state index in [1.807, 2.05) is 11.8 Å². The van der Waals surface area contributed by atoms with E-state index < -0.39 is 15.6 Å². The van der Waals surface area contributed by atoms with E-state index in [-0.39, 0.29) is 18.9 Å². The smallest absolute Gasteiger partial charge is 0.252 e. The van der Waals surface area contributed by atoms with Gasteiger partial charge >= 0.3 is 0 Å². The van der Waals surface area contributed by atoms with Crippen LogP contribution in [0.3, 0.4) is 0 Å². The van der Waals surface area contributed by atoms with Gasteiger partial charge in [-0.05, 0) is 31.2 Å². The van der Waals surface area contributed by atoms with Crippen molar-refractivity contribution in [1.82, 2.24) is 9.21 Å². The minimum atomic E-state index is -3.54. The number of thiophene rings is 1. The summed E-state index contributed by atoms with van der Waals surface area (Å²) in [5.41, 5.74) is -0.440. The standard InChI is InChI=1S/C15H22N2O4S2/c1-2-17-13(18)5-8-16(12-15(17)6-9-21-10-7-15)23(19,20)14-4-3-11-22-14/h3-4,11H,2,5-10,12H2,1H3. The average molecular weight is 358 g/mol. The SMILES string of the molecule is CCN1C(=O)CCN(S(=O)(=O)c2cccs2)CC12CCOCC2. The molecule has 2 saturated heterocycles. The fraction of sp³-hybridized carbons (Fsp3) is 0.667. The minimum absolute atomic E-state index is 0.0401. The summed E-state index contributed by atoms with van der Waals surface area (Å²) in [6.07, 6.45) is 1.60. The number of hydrogen-bond acceptors (Lipinski definition) is 5. The second-order valence-electron chi connectivity index (χ2n) is 6.00. The third-order valence-electron chi connectivity index (χ3n) is 4.75. The van der Waals surface area contributed by atoms with Gasteiger partial charge in [-0.15, -0.1) is 11.3 Å². The molecule has 0 aromatic carbocycles. The number of rotatable bonds is 3. The fourth-order valence-corrected chi connectivity index (χ4v) is 6.21. The van der Waals surface area contributed by atoms with E-state index in [4.69, 9.17) is 4.74 Å². The Morgan fingerprint density at radius 3 is 2.70 bits per heavy atom. The molecule has 6 nitrogen and oxygen atoms in total. The molecular formula is C15H22N2O4S2. The van der Waals surface area contributed by atoms with Crippen molar-refractivity contribution in [2.45, 2.75) is 35.9 Å². The molecule has 2 aliphatic heterocycles. The van der Waals surface area contributed by atoms with Gasteiger partial charge in [-0.1, -0.05) is 6.07 Å². The maximum absolute atomic E-state index is 12.9. The summed E-state index contributed by atoms with van der Waals surface area (Å²) in [5.74, 6) is 0.0401. The highest BCUT2D eigenvalue weighted by Crippen LogP contribution is 2.34. The van der Waals surface area contributed by atoms with Gasteiger partial charge in [0.2, 0.25) is 5.91 Å². The lowest BCUT2D eigenvalue weighted by atomic mass is 9.88. The Hall–Kier alpha value is -0.960. The van der Waals surface area contributed by atoms with Gasteiger partial charge in [0.05, 0.1) is 5.54 Å². The third-order valence-corrected chi connectivity index (χ3v) is 7.97. The van der Waals surface area contributed by atoms with Gasteiger partial charge in [-0.2, -0.15) is 4.31 Å². The number of sulfonamides is 1. The van der Waals surface area contributed by atoms with Crippen LogP contribution in [0.1, 0.15) is 26.2 Å². The highest BCUT2D eigenvalue weighted by atomic mass is 32.2. The highest BCUT2D eigenvalue weighted by molar-refractivity contribution is 7.91. The summed E-state index contributed by atoms with van der Waals surface area (Å²) in [5, 5.41) is 1.76. The molecule has 0 N–H and O–H groups in total. The van der Waals surface area contributed by atoms with Crippen molar-refractivity contribution in [1.29, 1.82) is 0 Å². The molecule has 128 valence electrons. The van der Waals surface area contributed by atoms with E-state index in [1.165, 1.54) is 15.6 Å². The van der Waals surface area contributed by atoms with Crippen molar-refractivity contribution >= 4 is 27.3 Å². The average Bonchev–Trinajstić information content (AvgIpc) is 3.04. The largest absolute Gasteiger partial charge is 0.381 e. The van der Waals surface area contributed by atoms with Crippen LogP contribution in [0.2, 0.25) is 0 Å². The summed E-state index contributed by atoms with van der Waals surface area (Å²) in [4.78, 5) is 14.4. The van der Waals surface area contributed by atoms with Gasteiger partial charge in [0, 0.05) is 39.3 Å².